The summed E-state index contributed by atoms with van der Waals surface area (Å²) in [7, 11) is 0. The van der Waals surface area contributed by atoms with Crippen molar-refractivity contribution < 1.29 is 186 Å². The molecule has 0 aliphatic heterocycles. The minimum atomic E-state index is 0. The van der Waals surface area contributed by atoms with Crippen molar-refractivity contribution in [3.63, 3.8) is 0 Å². The summed E-state index contributed by atoms with van der Waals surface area (Å²) in [4.78, 5) is 105. The van der Waals surface area contributed by atoms with Gasteiger partial charge in [-0.2, -0.15) is 25.6 Å². The number of aliphatic hydroxyl groups excluding tert-OH is 4. The van der Waals surface area contributed by atoms with Crippen molar-refractivity contribution in [2.75, 3.05) is 13.3 Å². The largest absolute Gasteiger partial charge is 0.783 e. The first-order valence-corrected chi connectivity index (χ1v) is 6.57. The van der Waals surface area contributed by atoms with Gasteiger partial charge in [-0.1, -0.05) is 48.2 Å². The van der Waals surface area contributed by atoms with Gasteiger partial charge >= 0.3 is 0 Å². The van der Waals surface area contributed by atoms with Gasteiger partial charge in [0.15, 0.2) is 0 Å². The zero-order valence-electron chi connectivity index (χ0n) is 18.7. The standard InChI is InChI=1S/2C3H4N2O2.2C2O3.4CHO2.3CH4.3Y/c2*6-2-4-1-5-3-7;2*3-1-5-2-4;4*2-1-3;;;;;;/h2*1H2,(H,4,6)(H,5,7);;;4*(H,2,3);3*1H4;;;/q4*-2;4*-1;;;;;;. The molecule has 42 heavy (non-hydrogen) atoms. The molecule has 0 fully saturated rings. The summed E-state index contributed by atoms with van der Waals surface area (Å²) in [5.74, 6) is 0. The van der Waals surface area contributed by atoms with Crippen LogP contribution in [0.4, 0.5) is 0 Å². The van der Waals surface area contributed by atoms with Crippen LogP contribution in [-0.2, 0) is 165 Å². The fraction of sp³-hybridized carbons (Fsp3) is 0.294. The molecule has 0 atom stereocenters. The van der Waals surface area contributed by atoms with Crippen molar-refractivity contribution in [3.8, 4) is 0 Å². The Hall–Kier alpha value is -2.65. The molecule has 0 rings (SSSR count). The summed E-state index contributed by atoms with van der Waals surface area (Å²) in [5.41, 5.74) is 0. The van der Waals surface area contributed by atoms with Crippen molar-refractivity contribution in [2.24, 2.45) is 0 Å². The van der Waals surface area contributed by atoms with Crippen LogP contribution in [0.25, 0.3) is 0 Å². The van der Waals surface area contributed by atoms with E-state index in [0.717, 1.165) is 25.9 Å². The van der Waals surface area contributed by atoms with Crippen LogP contribution in [0.5, 0.6) is 0 Å². The molecule has 0 bridgehead atoms. The van der Waals surface area contributed by atoms with E-state index in [4.69, 9.17) is 58.8 Å². The van der Waals surface area contributed by atoms with Gasteiger partial charge in [-0.15, -0.1) is 25.9 Å². The van der Waals surface area contributed by atoms with Crippen LogP contribution in [0.1, 0.15) is 22.3 Å². The third-order valence-electron chi connectivity index (χ3n) is 0.809. The first-order chi connectivity index (χ1) is 17.3. The third-order valence-corrected chi connectivity index (χ3v) is 0.809. The monoisotopic (exact) mass is 839 g/mol. The Morgan fingerprint density at radius 2 is 0.500 bits per heavy atom. The van der Waals surface area contributed by atoms with E-state index in [1.165, 1.54) is 25.6 Å². The van der Waals surface area contributed by atoms with E-state index in [1.807, 2.05) is 0 Å². The molecule has 0 aliphatic carbocycles. The van der Waals surface area contributed by atoms with Crippen LogP contribution in [0.3, 0.4) is 0 Å². The Balaban J connectivity index is -0.0000000178. The minimum Gasteiger partial charge on any atom is -0.783 e. The molecule has 0 aliphatic rings. The molecule has 0 saturated heterocycles. The number of amides is 4. The fourth-order valence-corrected chi connectivity index (χ4v) is 0.267. The second-order valence-corrected chi connectivity index (χ2v) is 2.37. The second kappa shape index (κ2) is 178. The van der Waals surface area contributed by atoms with E-state index in [1.54, 1.807) is 0 Å². The maximum atomic E-state index is 9.27. The molecule has 8 N–H and O–H groups in total. The molecule has 22 nitrogen and oxygen atoms in total. The number of rotatable bonds is 12. The summed E-state index contributed by atoms with van der Waals surface area (Å²) in [5, 5.41) is 35.3. The van der Waals surface area contributed by atoms with Crippen LogP contribution in [-0.4, -0.2) is 111 Å². The van der Waals surface area contributed by atoms with Gasteiger partial charge in [-0.25, -0.2) is 0 Å². The van der Waals surface area contributed by atoms with Crippen molar-refractivity contribution >= 4 is 77.4 Å². The van der Waals surface area contributed by atoms with E-state index in [9.17, 15) is 19.2 Å². The fourth-order valence-electron chi connectivity index (χ4n) is 0.267. The van der Waals surface area contributed by atoms with E-state index >= 15 is 0 Å². The molecule has 0 saturated carbocycles. The summed E-state index contributed by atoms with van der Waals surface area (Å²) in [6.45, 7) is 5.56. The maximum absolute atomic E-state index is 9.27. The number of nitrogens with one attached hydrogen (secondary N) is 4. The molecule has 25 heteroatoms. The second-order valence-electron chi connectivity index (χ2n) is 2.37. The summed E-state index contributed by atoms with van der Waals surface area (Å²) in [6.07, 6.45) is 5.44. The molecule has 0 aromatic carbocycles. The molecular formula is C17H24N4O18Y3-12. The van der Waals surface area contributed by atoms with Crippen molar-refractivity contribution in [1.29, 1.82) is 0 Å². The smallest absolute Gasteiger partial charge is 0.0290 e. The zero-order valence-corrected chi connectivity index (χ0v) is 27.2. The van der Waals surface area contributed by atoms with Gasteiger partial charge in [-0.05, 0) is 0 Å². The van der Waals surface area contributed by atoms with Gasteiger partial charge < -0.3 is 109 Å². The first kappa shape index (κ1) is 90.1. The summed E-state index contributed by atoms with van der Waals surface area (Å²) < 4.78 is 6.44. The molecule has 0 unspecified atom stereocenters. The average molecular weight is 839 g/mol. The van der Waals surface area contributed by atoms with E-state index < -0.39 is 0 Å². The summed E-state index contributed by atoms with van der Waals surface area (Å²) >= 11 is 0. The van der Waals surface area contributed by atoms with Crippen LogP contribution in [0.15, 0.2) is 0 Å². The molecular weight excluding hydrogens is 815 g/mol. The summed E-state index contributed by atoms with van der Waals surface area (Å²) in [6, 6.07) is 0. The molecule has 0 heterocycles. The molecule has 0 spiro atoms. The third kappa shape index (κ3) is 564. The SMILES string of the molecule is C.C.C.O=[C-]NCN[C-]=O.O=[C-]NCN[C-]=O.O=[C-]O.O=[C-]O.O=[C-]O.O=[C-]O.O=[C-]O[C-]=O.O=[C-]O[C-]=O.[Y].[Y].[Y]. The molecule has 4 amide bonds. The Labute approximate surface area is 316 Å². The average Bonchev–Trinajstić information content (AvgIpc) is 2.84. The normalized spacial score (nSPS) is 4.76. The van der Waals surface area contributed by atoms with Crippen LogP contribution in [0, 0.1) is 0 Å². The molecule has 241 valence electrons. The van der Waals surface area contributed by atoms with Gasteiger partial charge in [0, 0.05) is 111 Å². The maximum Gasteiger partial charge on any atom is 0.0290 e. The van der Waals surface area contributed by atoms with Crippen LogP contribution >= 0.6 is 0 Å². The van der Waals surface area contributed by atoms with Crippen LogP contribution < -0.4 is 21.3 Å². The Morgan fingerprint density at radius 3 is 0.548 bits per heavy atom. The van der Waals surface area contributed by atoms with Gasteiger partial charge in [0.2, 0.25) is 0 Å². The predicted octanol–water partition coefficient (Wildman–Crippen LogP) is -4.86. The van der Waals surface area contributed by atoms with Crippen LogP contribution in [0.2, 0.25) is 0 Å². The number of hydrogen-bond donors (Lipinski definition) is 8. The molecule has 3 radical (unpaired) electrons. The zero-order chi connectivity index (χ0) is 30.1. The minimum absolute atomic E-state index is 0. The predicted molar refractivity (Wildman–Crippen MR) is 123 cm³/mol. The van der Waals surface area contributed by atoms with Crippen molar-refractivity contribution in [3.05, 3.63) is 0 Å². The quantitative estimate of drug-likeness (QED) is 0.0300. The van der Waals surface area contributed by atoms with E-state index in [2.05, 4.69) is 30.7 Å². The first-order valence-electron chi connectivity index (χ1n) is 6.57. The Kier molecular flexibility index (Phi) is 381. The number of ether oxygens (including phenoxy) is 2. The number of hydrogen-bond acceptors (Lipinski definition) is 14. The van der Waals surface area contributed by atoms with Gasteiger partial charge in [0.05, 0.1) is 0 Å². The van der Waals surface area contributed by atoms with Gasteiger partial charge in [0.25, 0.3) is 0 Å². The van der Waals surface area contributed by atoms with Crippen molar-refractivity contribution in [2.45, 2.75) is 22.3 Å². The van der Waals surface area contributed by atoms with E-state index in [0.29, 0.717) is 25.9 Å². The van der Waals surface area contributed by atoms with Gasteiger partial charge in [0.1, 0.15) is 0 Å². The van der Waals surface area contributed by atoms with Crippen molar-refractivity contribution in [1.82, 2.24) is 21.3 Å². The van der Waals surface area contributed by atoms with E-state index in [-0.39, 0.29) is 134 Å². The molecule has 0 aromatic heterocycles. The molecule has 0 aromatic rings. The Bertz CT molecular complexity index is 442. The topological polar surface area (TPSA) is 352 Å². The number of carbonyl (C=O) groups excluding carboxylic acids is 8. The Morgan fingerprint density at radius 1 is 0.381 bits per heavy atom. The van der Waals surface area contributed by atoms with Gasteiger partial charge in [-0.3, -0.25) is 0 Å².